The molecule has 27 heavy (non-hydrogen) atoms. The first-order valence-electron chi connectivity index (χ1n) is 7.76. The zero-order chi connectivity index (χ0) is 19.6. The lowest BCUT2D eigenvalue weighted by Crippen LogP contribution is -2.34. The van der Waals surface area contributed by atoms with Crippen molar-refractivity contribution >= 4 is 40.5 Å². The Morgan fingerprint density at radius 1 is 1.00 bits per heavy atom. The fourth-order valence-electron chi connectivity index (χ4n) is 2.54. The molecule has 1 aliphatic rings. The summed E-state index contributed by atoms with van der Waals surface area (Å²) in [4.78, 5) is 47.6. The Hall–Kier alpha value is -3.33. The fraction of sp³-hybridized carbons (Fsp3) is 0.111. The zero-order valence-electron chi connectivity index (χ0n) is 13.7. The van der Waals surface area contributed by atoms with Crippen molar-refractivity contribution in [3.8, 4) is 0 Å². The van der Waals surface area contributed by atoms with Crippen LogP contribution in [0.15, 0.2) is 48.5 Å². The number of benzene rings is 2. The number of carbonyl (C=O) groups excluding carboxylic acids is 4. The summed E-state index contributed by atoms with van der Waals surface area (Å²) in [6.07, 6.45) is 0. The Morgan fingerprint density at radius 2 is 1.67 bits per heavy atom. The molecule has 3 rings (SSSR count). The van der Waals surface area contributed by atoms with Gasteiger partial charge in [-0.05, 0) is 29.0 Å². The van der Waals surface area contributed by atoms with Crippen molar-refractivity contribution in [3.05, 3.63) is 65.2 Å². The number of hydrogen-bond donors (Lipinski definition) is 1. The molecule has 1 atom stereocenters. The lowest BCUT2D eigenvalue weighted by atomic mass is 10.1. The van der Waals surface area contributed by atoms with Gasteiger partial charge in [0.25, 0.3) is 11.1 Å². The molecule has 0 spiro atoms. The fourth-order valence-corrected chi connectivity index (χ4v) is 3.43. The van der Waals surface area contributed by atoms with Crippen LogP contribution in [-0.2, 0) is 11.3 Å². The molecule has 0 aliphatic carbocycles. The van der Waals surface area contributed by atoms with E-state index in [0.29, 0.717) is 5.56 Å². The number of nitrogens with zero attached hydrogens (tertiary/aromatic N) is 1. The van der Waals surface area contributed by atoms with E-state index in [0.717, 1.165) is 16.7 Å². The van der Waals surface area contributed by atoms with Crippen molar-refractivity contribution in [2.75, 3.05) is 5.32 Å². The molecule has 2 amide bonds. The SMILES string of the molecule is O=C([O-])c1ccc(CN2C(=O)S[C@@H](Nc3ccccc3C(=O)[O-])C2=O)cc1. The highest BCUT2D eigenvalue weighted by Gasteiger charge is 2.39. The maximum atomic E-state index is 12.5. The number of amides is 2. The van der Waals surface area contributed by atoms with Gasteiger partial charge in [-0.25, -0.2) is 0 Å². The maximum absolute atomic E-state index is 12.5. The molecule has 138 valence electrons. The summed E-state index contributed by atoms with van der Waals surface area (Å²) in [6, 6.07) is 11.6. The maximum Gasteiger partial charge on any atom is 0.291 e. The van der Waals surface area contributed by atoms with E-state index in [-0.39, 0.29) is 23.4 Å². The minimum atomic E-state index is -1.40. The lowest BCUT2D eigenvalue weighted by Gasteiger charge is -2.17. The molecule has 0 unspecified atom stereocenters. The molecule has 1 N–H and O–H groups in total. The van der Waals surface area contributed by atoms with Gasteiger partial charge < -0.3 is 25.1 Å². The topological polar surface area (TPSA) is 130 Å². The van der Waals surface area contributed by atoms with Crippen LogP contribution in [0.25, 0.3) is 0 Å². The van der Waals surface area contributed by atoms with Gasteiger partial charge in [0.05, 0.1) is 18.5 Å². The zero-order valence-corrected chi connectivity index (χ0v) is 14.5. The smallest absolute Gasteiger partial charge is 0.291 e. The van der Waals surface area contributed by atoms with E-state index in [1.807, 2.05) is 0 Å². The molecule has 9 heteroatoms. The molecule has 1 heterocycles. The number of aromatic carboxylic acids is 2. The van der Waals surface area contributed by atoms with Crippen LogP contribution in [0.3, 0.4) is 0 Å². The predicted molar refractivity (Wildman–Crippen MR) is 92.5 cm³/mol. The monoisotopic (exact) mass is 384 g/mol. The standard InChI is InChI=1S/C18H14N2O6S/c21-15-14(19-13-4-2-1-3-12(13)17(24)25)27-18(26)20(15)9-10-5-7-11(8-6-10)16(22)23/h1-8,14,19H,9H2,(H,22,23)(H,24,25)/p-2/t14-/m1/s1. The summed E-state index contributed by atoms with van der Waals surface area (Å²) < 4.78 is 0. The quantitative estimate of drug-likeness (QED) is 0.739. The van der Waals surface area contributed by atoms with E-state index in [1.54, 1.807) is 6.07 Å². The summed E-state index contributed by atoms with van der Waals surface area (Å²) in [5.41, 5.74) is 0.620. The van der Waals surface area contributed by atoms with Gasteiger partial charge in [-0.3, -0.25) is 14.5 Å². The van der Waals surface area contributed by atoms with Gasteiger partial charge in [-0.15, -0.1) is 0 Å². The molecule has 2 aromatic rings. The third-order valence-corrected chi connectivity index (χ3v) is 4.87. The van der Waals surface area contributed by atoms with Crippen molar-refractivity contribution in [2.45, 2.75) is 11.9 Å². The Balaban J connectivity index is 1.73. The second-order valence-corrected chi connectivity index (χ2v) is 6.71. The average molecular weight is 384 g/mol. The number of rotatable bonds is 6. The van der Waals surface area contributed by atoms with E-state index in [1.165, 1.54) is 42.5 Å². The third kappa shape index (κ3) is 3.93. The molecule has 8 nitrogen and oxygen atoms in total. The number of anilines is 1. The highest BCUT2D eigenvalue weighted by atomic mass is 32.2. The van der Waals surface area contributed by atoms with Gasteiger partial charge in [0.2, 0.25) is 0 Å². The predicted octanol–water partition coefficient (Wildman–Crippen LogP) is 0.0472. The first-order valence-corrected chi connectivity index (χ1v) is 8.64. The Morgan fingerprint density at radius 3 is 2.30 bits per heavy atom. The highest BCUT2D eigenvalue weighted by Crippen LogP contribution is 2.30. The summed E-state index contributed by atoms with van der Waals surface area (Å²) in [7, 11) is 0. The first kappa shape index (κ1) is 18.5. The van der Waals surface area contributed by atoms with Crippen molar-refractivity contribution in [1.82, 2.24) is 4.90 Å². The summed E-state index contributed by atoms with van der Waals surface area (Å²) in [5.74, 6) is -3.24. The van der Waals surface area contributed by atoms with E-state index >= 15 is 0 Å². The van der Waals surface area contributed by atoms with Crippen LogP contribution < -0.4 is 15.5 Å². The van der Waals surface area contributed by atoms with Crippen LogP contribution in [-0.4, -0.2) is 33.4 Å². The van der Waals surface area contributed by atoms with Crippen LogP contribution in [0.4, 0.5) is 10.5 Å². The molecule has 0 saturated carbocycles. The van der Waals surface area contributed by atoms with Gasteiger partial charge in [0, 0.05) is 11.3 Å². The van der Waals surface area contributed by atoms with E-state index in [2.05, 4.69) is 5.32 Å². The Bertz CT molecular complexity index is 928. The normalized spacial score (nSPS) is 16.4. The summed E-state index contributed by atoms with van der Waals surface area (Å²) >= 11 is 0.733. The minimum absolute atomic E-state index is 0.00868. The molecule has 1 aliphatic heterocycles. The molecule has 0 aromatic heterocycles. The second-order valence-electron chi connectivity index (χ2n) is 5.65. The number of thioether (sulfide) groups is 1. The van der Waals surface area contributed by atoms with E-state index in [4.69, 9.17) is 0 Å². The lowest BCUT2D eigenvalue weighted by molar-refractivity contribution is -0.256. The van der Waals surface area contributed by atoms with Gasteiger partial charge in [-0.1, -0.05) is 42.5 Å². The Labute approximate surface area is 157 Å². The highest BCUT2D eigenvalue weighted by molar-refractivity contribution is 8.15. The van der Waals surface area contributed by atoms with Crippen LogP contribution in [0, 0.1) is 0 Å². The molecule has 1 fully saturated rings. The largest absolute Gasteiger partial charge is 0.545 e. The number of hydrogen-bond acceptors (Lipinski definition) is 8. The number of para-hydroxylation sites is 1. The summed E-state index contributed by atoms with van der Waals surface area (Å²) in [5, 5.41) is 23.2. The number of nitrogens with one attached hydrogen (secondary N) is 1. The minimum Gasteiger partial charge on any atom is -0.545 e. The number of carbonyl (C=O) groups is 4. The first-order chi connectivity index (χ1) is 12.9. The van der Waals surface area contributed by atoms with Gasteiger partial charge in [0.15, 0.2) is 5.37 Å². The van der Waals surface area contributed by atoms with Crippen LogP contribution >= 0.6 is 11.8 Å². The van der Waals surface area contributed by atoms with Crippen molar-refractivity contribution in [1.29, 1.82) is 0 Å². The molecular weight excluding hydrogens is 372 g/mol. The molecule has 2 aromatic carbocycles. The van der Waals surface area contributed by atoms with Crippen molar-refractivity contribution in [2.24, 2.45) is 0 Å². The van der Waals surface area contributed by atoms with Crippen LogP contribution in [0.5, 0.6) is 0 Å². The van der Waals surface area contributed by atoms with Crippen LogP contribution in [0.2, 0.25) is 0 Å². The molecule has 0 bridgehead atoms. The van der Waals surface area contributed by atoms with Gasteiger partial charge >= 0.3 is 0 Å². The third-order valence-electron chi connectivity index (χ3n) is 3.89. The Kier molecular flexibility index (Phi) is 5.13. The second kappa shape index (κ2) is 7.50. The summed E-state index contributed by atoms with van der Waals surface area (Å²) in [6.45, 7) is -0.0295. The number of carboxylic acids is 2. The van der Waals surface area contributed by atoms with E-state index < -0.39 is 28.5 Å². The van der Waals surface area contributed by atoms with Crippen LogP contribution in [0.1, 0.15) is 26.3 Å². The van der Waals surface area contributed by atoms with E-state index in [9.17, 15) is 29.4 Å². The average Bonchev–Trinajstić information content (AvgIpc) is 2.90. The number of imide groups is 1. The van der Waals surface area contributed by atoms with Gasteiger partial charge in [-0.2, -0.15) is 0 Å². The molecule has 0 radical (unpaired) electrons. The molecule has 1 saturated heterocycles. The molecular formula is C18H12N2O6S-2. The van der Waals surface area contributed by atoms with Crippen molar-refractivity contribution < 1.29 is 29.4 Å². The van der Waals surface area contributed by atoms with Gasteiger partial charge in [0.1, 0.15) is 0 Å². The van der Waals surface area contributed by atoms with Crippen molar-refractivity contribution in [3.63, 3.8) is 0 Å². The number of carboxylic acid groups (broad SMARTS) is 2.